The fourth-order valence-electron chi connectivity index (χ4n) is 1.27. The molecule has 16 heavy (non-hydrogen) atoms. The Labute approximate surface area is 94.1 Å². The molecule has 1 amide bonds. The lowest BCUT2D eigenvalue weighted by molar-refractivity contribution is -0.141. The number of hydrogen-bond donors (Lipinski definition) is 2. The van der Waals surface area contributed by atoms with Crippen LogP contribution in [0.5, 0.6) is 0 Å². The average Bonchev–Trinajstić information content (AvgIpc) is 2.64. The van der Waals surface area contributed by atoms with Crippen molar-refractivity contribution >= 4 is 11.9 Å². The van der Waals surface area contributed by atoms with Crippen LogP contribution in [0.2, 0.25) is 0 Å². The summed E-state index contributed by atoms with van der Waals surface area (Å²) in [4.78, 5) is 22.1. The highest BCUT2D eigenvalue weighted by Crippen LogP contribution is 2.02. The van der Waals surface area contributed by atoms with E-state index in [0.717, 1.165) is 0 Å². The van der Waals surface area contributed by atoms with Crippen LogP contribution in [0.3, 0.4) is 0 Å². The summed E-state index contributed by atoms with van der Waals surface area (Å²) in [6.07, 6.45) is 3.94. The number of carboxylic acids is 1. The number of carbonyl (C=O) groups excluding carboxylic acids is 1. The molecule has 0 bridgehead atoms. The van der Waals surface area contributed by atoms with Crippen molar-refractivity contribution in [2.75, 3.05) is 6.54 Å². The van der Waals surface area contributed by atoms with E-state index >= 15 is 0 Å². The summed E-state index contributed by atoms with van der Waals surface area (Å²) < 4.78 is 1.79. The van der Waals surface area contributed by atoms with E-state index < -0.39 is 11.9 Å². The molecule has 0 aliphatic heterocycles. The third kappa shape index (κ3) is 3.42. The van der Waals surface area contributed by atoms with Gasteiger partial charge < -0.3 is 15.0 Å². The van der Waals surface area contributed by atoms with Gasteiger partial charge in [-0.1, -0.05) is 6.92 Å². The van der Waals surface area contributed by atoms with Crippen LogP contribution < -0.4 is 5.32 Å². The van der Waals surface area contributed by atoms with E-state index in [1.807, 2.05) is 7.05 Å². The summed E-state index contributed by atoms with van der Waals surface area (Å²) in [6.45, 7) is 2.00. The van der Waals surface area contributed by atoms with Gasteiger partial charge in [0.05, 0.1) is 11.5 Å². The normalized spacial score (nSPS) is 12.1. The predicted octanol–water partition coefficient (Wildman–Crippen LogP) is 0.866. The van der Waals surface area contributed by atoms with Crippen LogP contribution in [0.15, 0.2) is 18.5 Å². The molecule has 88 valence electrons. The van der Waals surface area contributed by atoms with Crippen molar-refractivity contribution in [1.29, 1.82) is 0 Å². The van der Waals surface area contributed by atoms with E-state index in [-0.39, 0.29) is 5.91 Å². The molecule has 0 aromatic carbocycles. The van der Waals surface area contributed by atoms with E-state index in [1.165, 1.54) is 0 Å². The Morgan fingerprint density at radius 1 is 1.56 bits per heavy atom. The van der Waals surface area contributed by atoms with Crippen molar-refractivity contribution in [3.8, 4) is 0 Å². The summed E-state index contributed by atoms with van der Waals surface area (Å²) in [7, 11) is 1.84. The zero-order chi connectivity index (χ0) is 12.1. The quantitative estimate of drug-likeness (QED) is 0.779. The van der Waals surface area contributed by atoms with Crippen LogP contribution in [0.25, 0.3) is 0 Å². The SMILES string of the molecule is C[C@H](CCNC(=O)c1ccn(C)c1)C(=O)O. The molecule has 1 aromatic heterocycles. The molecule has 0 saturated carbocycles. The minimum atomic E-state index is -0.839. The zero-order valence-electron chi connectivity index (χ0n) is 9.43. The van der Waals surface area contributed by atoms with Crippen molar-refractivity contribution in [2.45, 2.75) is 13.3 Å². The average molecular weight is 224 g/mol. The van der Waals surface area contributed by atoms with Crippen molar-refractivity contribution < 1.29 is 14.7 Å². The lowest BCUT2D eigenvalue weighted by Crippen LogP contribution is -2.26. The van der Waals surface area contributed by atoms with Crippen LogP contribution in [0.1, 0.15) is 23.7 Å². The first-order valence-electron chi connectivity index (χ1n) is 5.13. The number of carbonyl (C=O) groups is 2. The van der Waals surface area contributed by atoms with Gasteiger partial charge in [-0.2, -0.15) is 0 Å². The Balaban J connectivity index is 2.34. The number of nitrogens with one attached hydrogen (secondary N) is 1. The number of amides is 1. The maximum Gasteiger partial charge on any atom is 0.306 e. The van der Waals surface area contributed by atoms with E-state index in [9.17, 15) is 9.59 Å². The molecule has 0 spiro atoms. The Hall–Kier alpha value is -1.78. The third-order valence-electron chi connectivity index (χ3n) is 2.38. The van der Waals surface area contributed by atoms with Gasteiger partial charge in [-0.25, -0.2) is 0 Å². The molecule has 0 saturated heterocycles. The van der Waals surface area contributed by atoms with Crippen molar-refractivity contribution in [3.63, 3.8) is 0 Å². The fourth-order valence-corrected chi connectivity index (χ4v) is 1.27. The van der Waals surface area contributed by atoms with Crippen LogP contribution in [0.4, 0.5) is 0 Å². The van der Waals surface area contributed by atoms with Crippen LogP contribution in [-0.2, 0) is 11.8 Å². The highest BCUT2D eigenvalue weighted by atomic mass is 16.4. The van der Waals surface area contributed by atoms with E-state index in [1.54, 1.807) is 30.0 Å². The summed E-state index contributed by atoms with van der Waals surface area (Å²) >= 11 is 0. The highest BCUT2D eigenvalue weighted by Gasteiger charge is 2.11. The standard InChI is InChI=1S/C11H16N2O3/c1-8(11(15)16)3-5-12-10(14)9-4-6-13(2)7-9/h4,6-8H,3,5H2,1-2H3,(H,12,14)(H,15,16)/t8-/m1/s1. The second kappa shape index (κ2) is 5.34. The van der Waals surface area contributed by atoms with Gasteiger partial charge >= 0.3 is 5.97 Å². The lowest BCUT2D eigenvalue weighted by atomic mass is 10.1. The minimum absolute atomic E-state index is 0.168. The van der Waals surface area contributed by atoms with E-state index in [2.05, 4.69) is 5.32 Å². The highest BCUT2D eigenvalue weighted by molar-refractivity contribution is 5.94. The summed E-state index contributed by atoms with van der Waals surface area (Å²) in [5.41, 5.74) is 0.588. The second-order valence-corrected chi connectivity index (χ2v) is 3.85. The smallest absolute Gasteiger partial charge is 0.306 e. The second-order valence-electron chi connectivity index (χ2n) is 3.85. The monoisotopic (exact) mass is 224 g/mol. The molecule has 1 atom stereocenters. The number of rotatable bonds is 5. The van der Waals surface area contributed by atoms with Crippen molar-refractivity contribution in [1.82, 2.24) is 9.88 Å². The van der Waals surface area contributed by atoms with E-state index in [0.29, 0.717) is 18.5 Å². The summed E-state index contributed by atoms with van der Waals surface area (Å²) in [6, 6.07) is 1.72. The molecule has 0 unspecified atom stereocenters. The Kier molecular flexibility index (Phi) is 4.10. The molecule has 1 rings (SSSR count). The Morgan fingerprint density at radius 3 is 2.75 bits per heavy atom. The van der Waals surface area contributed by atoms with Gasteiger partial charge in [0.1, 0.15) is 0 Å². The number of aromatic nitrogens is 1. The van der Waals surface area contributed by atoms with Crippen LogP contribution >= 0.6 is 0 Å². The largest absolute Gasteiger partial charge is 0.481 e. The number of aliphatic carboxylic acids is 1. The molecule has 0 fully saturated rings. The van der Waals surface area contributed by atoms with Crippen molar-refractivity contribution in [2.24, 2.45) is 13.0 Å². The molecule has 1 heterocycles. The molecule has 5 heteroatoms. The lowest BCUT2D eigenvalue weighted by Gasteiger charge is -2.06. The molecule has 5 nitrogen and oxygen atoms in total. The van der Waals surface area contributed by atoms with Gasteiger partial charge in [-0.3, -0.25) is 9.59 Å². The van der Waals surface area contributed by atoms with E-state index in [4.69, 9.17) is 5.11 Å². The van der Waals surface area contributed by atoms with Crippen LogP contribution in [0, 0.1) is 5.92 Å². The van der Waals surface area contributed by atoms with Gasteiger partial charge in [0.15, 0.2) is 0 Å². The fraction of sp³-hybridized carbons (Fsp3) is 0.455. The number of nitrogens with zero attached hydrogens (tertiary/aromatic N) is 1. The van der Waals surface area contributed by atoms with Crippen molar-refractivity contribution in [3.05, 3.63) is 24.0 Å². The van der Waals surface area contributed by atoms with Gasteiger partial charge in [-0.05, 0) is 12.5 Å². The third-order valence-corrected chi connectivity index (χ3v) is 2.38. The zero-order valence-corrected chi connectivity index (χ0v) is 9.43. The Bertz CT molecular complexity index is 384. The first kappa shape index (κ1) is 12.3. The first-order valence-corrected chi connectivity index (χ1v) is 5.13. The molecular formula is C11H16N2O3. The summed E-state index contributed by atoms with van der Waals surface area (Å²) in [5, 5.41) is 11.3. The van der Waals surface area contributed by atoms with Gasteiger partial charge in [-0.15, -0.1) is 0 Å². The minimum Gasteiger partial charge on any atom is -0.481 e. The topological polar surface area (TPSA) is 71.3 Å². The molecular weight excluding hydrogens is 208 g/mol. The molecule has 0 aliphatic rings. The maximum atomic E-state index is 11.5. The molecule has 0 radical (unpaired) electrons. The first-order chi connectivity index (χ1) is 7.50. The number of aryl methyl sites for hydroxylation is 1. The molecule has 2 N–H and O–H groups in total. The maximum absolute atomic E-state index is 11.5. The predicted molar refractivity (Wildman–Crippen MR) is 59.2 cm³/mol. The summed E-state index contributed by atoms with van der Waals surface area (Å²) in [5.74, 6) is -1.44. The van der Waals surface area contributed by atoms with Gasteiger partial charge in [0.25, 0.3) is 5.91 Å². The van der Waals surface area contributed by atoms with Crippen LogP contribution in [-0.4, -0.2) is 28.1 Å². The molecule has 0 aliphatic carbocycles. The Morgan fingerprint density at radius 2 is 2.25 bits per heavy atom. The molecule has 1 aromatic rings. The van der Waals surface area contributed by atoms with Gasteiger partial charge in [0.2, 0.25) is 0 Å². The van der Waals surface area contributed by atoms with Gasteiger partial charge in [0, 0.05) is 26.0 Å². The number of carboxylic acid groups (broad SMARTS) is 1. The number of hydrogen-bond acceptors (Lipinski definition) is 2.